The monoisotopic (exact) mass is 302 g/mol. The van der Waals surface area contributed by atoms with E-state index >= 15 is 0 Å². The predicted octanol–water partition coefficient (Wildman–Crippen LogP) is 4.56. The van der Waals surface area contributed by atoms with Gasteiger partial charge < -0.3 is 10.7 Å². The van der Waals surface area contributed by atoms with Gasteiger partial charge in [-0.25, -0.2) is 4.39 Å². The van der Waals surface area contributed by atoms with Crippen LogP contribution in [0.5, 0.6) is 0 Å². The molecule has 0 heterocycles. The Morgan fingerprint density at radius 2 is 2.05 bits per heavy atom. The largest absolute Gasteiger partial charge is 0.405 e. The molecule has 0 bridgehead atoms. The van der Waals surface area contributed by atoms with Crippen molar-refractivity contribution in [1.29, 1.82) is 5.41 Å². The lowest BCUT2D eigenvalue weighted by Gasteiger charge is -2.14. The topological polar surface area (TPSA) is 35.9 Å². The Bertz CT molecular complexity index is 537. The molecule has 0 aromatic heterocycles. The summed E-state index contributed by atoms with van der Waals surface area (Å²) in [5.41, 5.74) is 0.609. The average molecular weight is 302 g/mol. The summed E-state index contributed by atoms with van der Waals surface area (Å²) in [7, 11) is 0. The highest BCUT2D eigenvalue weighted by molar-refractivity contribution is 5.86. The number of halogens is 4. The predicted molar refractivity (Wildman–Crippen MR) is 74.5 cm³/mol. The van der Waals surface area contributed by atoms with Crippen molar-refractivity contribution in [3.63, 3.8) is 0 Å². The van der Waals surface area contributed by atoms with Crippen LogP contribution in [0.4, 0.5) is 23.2 Å². The number of hydrogen-bond acceptors (Lipinski definition) is 2. The van der Waals surface area contributed by atoms with Crippen LogP contribution in [0.25, 0.3) is 0 Å². The number of anilines is 1. The van der Waals surface area contributed by atoms with Crippen LogP contribution in [0.3, 0.4) is 0 Å². The van der Waals surface area contributed by atoms with Crippen LogP contribution < -0.4 is 5.32 Å². The third kappa shape index (κ3) is 3.74. The van der Waals surface area contributed by atoms with Gasteiger partial charge in [0.15, 0.2) is 0 Å². The zero-order chi connectivity index (χ0) is 15.8. The van der Waals surface area contributed by atoms with Gasteiger partial charge in [-0.3, -0.25) is 0 Å². The Hall–Kier alpha value is -1.59. The van der Waals surface area contributed by atoms with Crippen LogP contribution in [-0.4, -0.2) is 18.9 Å². The fourth-order valence-corrected chi connectivity index (χ4v) is 2.68. The molecule has 2 N–H and O–H groups in total. The van der Waals surface area contributed by atoms with E-state index in [-0.39, 0.29) is 17.2 Å². The lowest BCUT2D eigenvalue weighted by Crippen LogP contribution is -2.22. The Balaban J connectivity index is 2.25. The molecule has 2 atom stereocenters. The molecule has 1 aliphatic carbocycles. The molecular formula is C15H18F4N2. The van der Waals surface area contributed by atoms with Gasteiger partial charge in [-0.05, 0) is 41.9 Å². The van der Waals surface area contributed by atoms with Crippen molar-refractivity contribution in [2.75, 3.05) is 11.9 Å². The summed E-state index contributed by atoms with van der Waals surface area (Å²) in [5, 5.41) is 9.37. The molecule has 21 heavy (non-hydrogen) atoms. The molecule has 0 spiro atoms. The minimum Gasteiger partial charge on any atom is -0.376 e. The van der Waals surface area contributed by atoms with Crippen molar-refractivity contribution < 1.29 is 17.6 Å². The summed E-state index contributed by atoms with van der Waals surface area (Å²) in [5.74, 6) is 0.463. The zero-order valence-corrected chi connectivity index (χ0v) is 11.9. The first-order valence-electron chi connectivity index (χ1n) is 6.87. The summed E-state index contributed by atoms with van der Waals surface area (Å²) in [6.45, 7) is 2.92. The molecule has 0 radical (unpaired) electrons. The Labute approximate surface area is 121 Å². The van der Waals surface area contributed by atoms with E-state index in [1.807, 2.05) is 0 Å². The highest BCUT2D eigenvalue weighted by atomic mass is 19.4. The molecule has 1 aromatic rings. The first-order chi connectivity index (χ1) is 9.73. The van der Waals surface area contributed by atoms with E-state index in [9.17, 15) is 17.6 Å². The molecule has 0 amide bonds. The van der Waals surface area contributed by atoms with Crippen molar-refractivity contribution in [3.05, 3.63) is 29.1 Å². The molecule has 1 aromatic carbocycles. The van der Waals surface area contributed by atoms with Gasteiger partial charge in [0.2, 0.25) is 0 Å². The number of rotatable bonds is 5. The standard InChI is InChI=1S/C15H18F4N2/c1-8(2)10-5-11(10)9-3-13(16)12(6-20)14(4-9)21-7-15(17,18)19/h3-4,6,8,10-11,20-21H,5,7H2,1-2H3/t10-,11-/m1/s1. The normalized spacial score (nSPS) is 21.5. The lowest BCUT2D eigenvalue weighted by molar-refractivity contribution is -0.115. The van der Waals surface area contributed by atoms with Crippen molar-refractivity contribution in [3.8, 4) is 0 Å². The minimum atomic E-state index is -4.38. The van der Waals surface area contributed by atoms with Gasteiger partial charge in [-0.15, -0.1) is 0 Å². The quantitative estimate of drug-likeness (QED) is 0.607. The number of alkyl halides is 3. The minimum absolute atomic E-state index is 0.0340. The van der Waals surface area contributed by atoms with E-state index in [2.05, 4.69) is 19.2 Å². The van der Waals surface area contributed by atoms with E-state index < -0.39 is 18.5 Å². The molecule has 2 nitrogen and oxygen atoms in total. The molecule has 1 aliphatic rings. The second kappa shape index (κ2) is 5.66. The Morgan fingerprint density at radius 3 is 2.52 bits per heavy atom. The van der Waals surface area contributed by atoms with Crippen LogP contribution in [0.15, 0.2) is 12.1 Å². The molecule has 0 aliphatic heterocycles. The summed E-state index contributed by atoms with van der Waals surface area (Å²) >= 11 is 0. The summed E-state index contributed by atoms with van der Waals surface area (Å²) in [6.07, 6.45) is -2.71. The van der Waals surface area contributed by atoms with Crippen molar-refractivity contribution >= 4 is 11.9 Å². The van der Waals surface area contributed by atoms with Gasteiger partial charge >= 0.3 is 6.18 Å². The van der Waals surface area contributed by atoms with E-state index in [1.54, 1.807) is 6.07 Å². The van der Waals surface area contributed by atoms with Gasteiger partial charge in [-0.1, -0.05) is 13.8 Å². The summed E-state index contributed by atoms with van der Waals surface area (Å²) in [4.78, 5) is 0. The van der Waals surface area contributed by atoms with Gasteiger partial charge in [0.05, 0.1) is 5.56 Å². The number of nitrogens with one attached hydrogen (secondary N) is 2. The van der Waals surface area contributed by atoms with E-state index in [1.165, 1.54) is 6.07 Å². The van der Waals surface area contributed by atoms with Gasteiger partial charge in [0.1, 0.15) is 12.4 Å². The van der Waals surface area contributed by atoms with Crippen LogP contribution in [0.2, 0.25) is 0 Å². The summed E-state index contributed by atoms with van der Waals surface area (Å²) < 4.78 is 50.9. The first kappa shape index (κ1) is 15.8. The third-order valence-electron chi connectivity index (χ3n) is 3.90. The van der Waals surface area contributed by atoms with E-state index in [0.29, 0.717) is 17.4 Å². The third-order valence-corrected chi connectivity index (χ3v) is 3.90. The Kier molecular flexibility index (Phi) is 4.25. The highest BCUT2D eigenvalue weighted by Gasteiger charge is 2.40. The molecule has 0 unspecified atom stereocenters. The summed E-state index contributed by atoms with van der Waals surface area (Å²) in [6, 6.07) is 2.88. The van der Waals surface area contributed by atoms with Crippen molar-refractivity contribution in [1.82, 2.24) is 0 Å². The highest BCUT2D eigenvalue weighted by Crippen LogP contribution is 2.52. The molecule has 0 saturated heterocycles. The fourth-order valence-electron chi connectivity index (χ4n) is 2.68. The molecule has 1 fully saturated rings. The van der Waals surface area contributed by atoms with E-state index in [0.717, 1.165) is 12.6 Å². The van der Waals surface area contributed by atoms with Gasteiger partial charge in [0, 0.05) is 11.9 Å². The van der Waals surface area contributed by atoms with Crippen LogP contribution >= 0.6 is 0 Å². The Morgan fingerprint density at radius 1 is 1.38 bits per heavy atom. The number of benzene rings is 1. The molecular weight excluding hydrogens is 284 g/mol. The number of hydrogen-bond donors (Lipinski definition) is 2. The van der Waals surface area contributed by atoms with Crippen LogP contribution in [0.1, 0.15) is 37.3 Å². The lowest BCUT2D eigenvalue weighted by atomic mass is 10.0. The molecule has 6 heteroatoms. The van der Waals surface area contributed by atoms with Crippen molar-refractivity contribution in [2.24, 2.45) is 11.8 Å². The maximum atomic E-state index is 14.0. The van der Waals surface area contributed by atoms with Crippen LogP contribution in [-0.2, 0) is 0 Å². The second-order valence-electron chi connectivity index (χ2n) is 5.83. The fraction of sp³-hybridized carbons (Fsp3) is 0.533. The SMILES string of the molecule is CC(C)[C@H]1C[C@@H]1c1cc(F)c(C=N)c(NCC(F)(F)F)c1. The smallest absolute Gasteiger partial charge is 0.376 e. The maximum absolute atomic E-state index is 14.0. The average Bonchev–Trinajstić information content (AvgIpc) is 3.15. The first-order valence-corrected chi connectivity index (χ1v) is 6.87. The molecule has 1 saturated carbocycles. The van der Waals surface area contributed by atoms with Gasteiger partial charge in [0.25, 0.3) is 0 Å². The molecule has 116 valence electrons. The van der Waals surface area contributed by atoms with Crippen LogP contribution in [0, 0.1) is 23.1 Å². The second-order valence-corrected chi connectivity index (χ2v) is 5.83. The van der Waals surface area contributed by atoms with E-state index in [4.69, 9.17) is 5.41 Å². The zero-order valence-electron chi connectivity index (χ0n) is 11.9. The van der Waals surface area contributed by atoms with Gasteiger partial charge in [-0.2, -0.15) is 13.2 Å². The molecule has 2 rings (SSSR count). The van der Waals surface area contributed by atoms with Crippen molar-refractivity contribution in [2.45, 2.75) is 32.4 Å². The maximum Gasteiger partial charge on any atom is 0.405 e.